The Labute approximate surface area is 229 Å². The van der Waals surface area contributed by atoms with Gasteiger partial charge in [-0.05, 0) is 43.4 Å². The Morgan fingerprint density at radius 2 is 1.90 bits per heavy atom. The number of morpholine rings is 1. The van der Waals surface area contributed by atoms with Gasteiger partial charge >= 0.3 is 0 Å². The average molecular weight is 551 g/mol. The molecule has 0 radical (unpaired) electrons. The second-order valence-electron chi connectivity index (χ2n) is 11.2. The first-order valence-corrected chi connectivity index (χ1v) is 14.0. The summed E-state index contributed by atoms with van der Waals surface area (Å²) in [5.41, 5.74) is 3.46. The van der Waals surface area contributed by atoms with Crippen LogP contribution in [0.5, 0.6) is 0 Å². The van der Waals surface area contributed by atoms with Gasteiger partial charge in [0, 0.05) is 62.0 Å². The number of fused-ring (bicyclic) bond motifs is 2. The molecular weight excluding hydrogens is 518 g/mol. The summed E-state index contributed by atoms with van der Waals surface area (Å²) in [5.74, 6) is -2.31. The largest absolute Gasteiger partial charge is 0.379 e. The zero-order valence-corrected chi connectivity index (χ0v) is 22.1. The van der Waals surface area contributed by atoms with Crippen molar-refractivity contribution < 1.29 is 18.3 Å². The van der Waals surface area contributed by atoms with Crippen molar-refractivity contribution >= 4 is 28.3 Å². The van der Waals surface area contributed by atoms with Crippen LogP contribution in [0.15, 0.2) is 37.1 Å². The number of hydrogen-bond donors (Lipinski definition) is 3. The molecule has 3 aliphatic rings. The third-order valence-corrected chi connectivity index (χ3v) is 8.57. The molecule has 0 aromatic carbocycles. The number of pyridine rings is 1. The van der Waals surface area contributed by atoms with E-state index in [1.807, 2.05) is 18.3 Å². The monoisotopic (exact) mass is 550 g/mol. The van der Waals surface area contributed by atoms with E-state index in [-0.39, 0.29) is 12.8 Å². The summed E-state index contributed by atoms with van der Waals surface area (Å²) in [7, 11) is 0. The van der Waals surface area contributed by atoms with Gasteiger partial charge in [-0.15, -0.1) is 0 Å². The Morgan fingerprint density at radius 3 is 2.67 bits per heavy atom. The number of rotatable bonds is 6. The summed E-state index contributed by atoms with van der Waals surface area (Å²) in [4.78, 5) is 27.8. The lowest BCUT2D eigenvalue weighted by Crippen LogP contribution is -2.50. The van der Waals surface area contributed by atoms with Gasteiger partial charge in [0.2, 0.25) is 0 Å². The minimum absolute atomic E-state index is 0.324. The molecule has 10 nitrogen and oxygen atoms in total. The number of H-pyrrole nitrogens is 1. The zero-order chi connectivity index (χ0) is 27.3. The van der Waals surface area contributed by atoms with Gasteiger partial charge < -0.3 is 20.4 Å². The normalized spacial score (nSPS) is 23.8. The lowest BCUT2D eigenvalue weighted by Gasteiger charge is -2.39. The first-order valence-electron chi connectivity index (χ1n) is 14.0. The van der Waals surface area contributed by atoms with Crippen molar-refractivity contribution in [2.45, 2.75) is 62.6 Å². The Balaban J connectivity index is 1.12. The molecule has 3 fully saturated rings. The third-order valence-electron chi connectivity index (χ3n) is 8.57. The summed E-state index contributed by atoms with van der Waals surface area (Å²) in [5, 5.41) is 11.6. The number of nitrogens with one attached hydrogen (secondary N) is 3. The predicted molar refractivity (Wildman–Crippen MR) is 146 cm³/mol. The van der Waals surface area contributed by atoms with Crippen LogP contribution in [0.25, 0.3) is 27.7 Å². The van der Waals surface area contributed by atoms with Crippen molar-refractivity contribution in [2.24, 2.45) is 0 Å². The molecule has 0 atom stereocenters. The molecule has 2 aliphatic carbocycles. The first-order chi connectivity index (χ1) is 19.4. The number of aromatic nitrogens is 5. The lowest BCUT2D eigenvalue weighted by molar-refractivity contribution is -0.0901. The van der Waals surface area contributed by atoms with Crippen LogP contribution in [0.3, 0.4) is 0 Å². The Bertz CT molecular complexity index is 1530. The van der Waals surface area contributed by atoms with Crippen molar-refractivity contribution in [1.82, 2.24) is 34.8 Å². The average Bonchev–Trinajstić information content (AvgIpc) is 3.58. The summed E-state index contributed by atoms with van der Waals surface area (Å²) in [6.45, 7) is 3.68. The van der Waals surface area contributed by atoms with Crippen molar-refractivity contribution in [3.05, 3.63) is 42.6 Å². The molecule has 7 rings (SSSR count). The number of hydrogen-bond acceptors (Lipinski definition) is 7. The van der Waals surface area contributed by atoms with Crippen LogP contribution in [0.1, 0.15) is 48.9 Å². The fourth-order valence-electron chi connectivity index (χ4n) is 6.37. The fourth-order valence-corrected chi connectivity index (χ4v) is 6.37. The smallest absolute Gasteiger partial charge is 0.255 e. The van der Waals surface area contributed by atoms with E-state index in [2.05, 4.69) is 35.6 Å². The van der Waals surface area contributed by atoms with Gasteiger partial charge in [-0.3, -0.25) is 9.69 Å². The summed E-state index contributed by atoms with van der Waals surface area (Å²) >= 11 is 0. The molecule has 4 aromatic rings. The predicted octanol–water partition coefficient (Wildman–Crippen LogP) is 3.86. The number of aromatic amines is 1. The molecule has 5 heterocycles. The summed E-state index contributed by atoms with van der Waals surface area (Å²) in [6.07, 6.45) is 10.5. The number of ether oxygens (including phenoxy) is 1. The molecular formula is C28H32F2N8O2. The third kappa shape index (κ3) is 4.79. The highest BCUT2D eigenvalue weighted by Crippen LogP contribution is 2.38. The quantitative estimate of drug-likeness (QED) is 0.334. The number of carbonyl (C=O) groups excluding carboxylic acids is 1. The molecule has 12 heteroatoms. The van der Waals surface area contributed by atoms with Crippen molar-refractivity contribution in [2.75, 3.05) is 31.6 Å². The van der Waals surface area contributed by atoms with Crippen molar-refractivity contribution in [3.63, 3.8) is 0 Å². The van der Waals surface area contributed by atoms with E-state index in [1.165, 1.54) is 6.20 Å². The van der Waals surface area contributed by atoms with Gasteiger partial charge in [0.05, 0.1) is 35.9 Å². The standard InChI is InChI=1S/C28H32F2N8O2/c29-28(30)12-19(13-28)36-27(39)22-15-34-38-6-5-17(11-23(22)38)21-14-31-25-24(21)26(33-16-32-25)35-18-1-3-20(4-2-18)37-7-9-40-10-8-37/h5-6,11,14-16,18-20H,1-4,7-10,12-13H2,(H,36,39)(H2,31,32,33,35). The highest BCUT2D eigenvalue weighted by molar-refractivity contribution is 6.04. The van der Waals surface area contributed by atoms with E-state index in [0.29, 0.717) is 23.2 Å². The zero-order valence-electron chi connectivity index (χ0n) is 22.1. The molecule has 3 N–H and O–H groups in total. The Hall–Kier alpha value is -3.64. The van der Waals surface area contributed by atoms with E-state index < -0.39 is 17.9 Å². The molecule has 0 bridgehead atoms. The van der Waals surface area contributed by atoms with Gasteiger partial charge in [0.1, 0.15) is 17.8 Å². The number of amides is 1. The molecule has 40 heavy (non-hydrogen) atoms. The van der Waals surface area contributed by atoms with Crippen molar-refractivity contribution in [3.8, 4) is 11.1 Å². The molecule has 4 aromatic heterocycles. The summed E-state index contributed by atoms with van der Waals surface area (Å²) < 4.78 is 33.6. The van der Waals surface area contributed by atoms with Gasteiger partial charge in [-0.2, -0.15) is 5.10 Å². The Morgan fingerprint density at radius 1 is 1.10 bits per heavy atom. The van der Waals surface area contributed by atoms with Gasteiger partial charge in [0.25, 0.3) is 11.8 Å². The summed E-state index contributed by atoms with van der Waals surface area (Å²) in [6, 6.07) is 4.24. The maximum Gasteiger partial charge on any atom is 0.255 e. The Kier molecular flexibility index (Phi) is 6.38. The van der Waals surface area contributed by atoms with E-state index in [0.717, 1.165) is 80.0 Å². The van der Waals surface area contributed by atoms with Crippen LogP contribution >= 0.6 is 0 Å². The second kappa shape index (κ2) is 10.1. The van der Waals surface area contributed by atoms with E-state index in [1.54, 1.807) is 17.0 Å². The van der Waals surface area contributed by atoms with E-state index >= 15 is 0 Å². The molecule has 2 saturated carbocycles. The minimum atomic E-state index is -2.70. The van der Waals surface area contributed by atoms with Crippen LogP contribution in [-0.4, -0.2) is 85.7 Å². The number of halogens is 2. The highest BCUT2D eigenvalue weighted by Gasteiger charge is 2.46. The number of nitrogens with zero attached hydrogens (tertiary/aromatic N) is 5. The van der Waals surface area contributed by atoms with Crippen LogP contribution in [0.4, 0.5) is 14.6 Å². The van der Waals surface area contributed by atoms with Crippen LogP contribution in [0, 0.1) is 0 Å². The van der Waals surface area contributed by atoms with Crippen LogP contribution < -0.4 is 10.6 Å². The molecule has 1 saturated heterocycles. The minimum Gasteiger partial charge on any atom is -0.379 e. The van der Waals surface area contributed by atoms with Gasteiger partial charge in [0.15, 0.2) is 0 Å². The second-order valence-corrected chi connectivity index (χ2v) is 11.2. The SMILES string of the molecule is O=C(NC1CC(F)(F)C1)c1cnn2ccc(-c3c[nH]c4ncnc(NC5CCC(N6CCOCC6)CC5)c34)cc12. The highest BCUT2D eigenvalue weighted by atomic mass is 19.3. The van der Waals surface area contributed by atoms with Crippen molar-refractivity contribution in [1.29, 1.82) is 0 Å². The van der Waals surface area contributed by atoms with Gasteiger partial charge in [-0.25, -0.2) is 23.3 Å². The van der Waals surface area contributed by atoms with Gasteiger partial charge in [-0.1, -0.05) is 0 Å². The van der Waals surface area contributed by atoms with Crippen LogP contribution in [-0.2, 0) is 4.74 Å². The molecule has 1 amide bonds. The number of anilines is 1. The number of carbonyl (C=O) groups is 1. The first kappa shape index (κ1) is 25.3. The van der Waals surface area contributed by atoms with E-state index in [4.69, 9.17) is 4.74 Å². The lowest BCUT2D eigenvalue weighted by atomic mass is 9.88. The molecule has 210 valence electrons. The molecule has 0 unspecified atom stereocenters. The van der Waals surface area contributed by atoms with E-state index in [9.17, 15) is 13.6 Å². The maximum atomic E-state index is 13.3. The molecule has 1 aliphatic heterocycles. The molecule has 0 spiro atoms. The van der Waals surface area contributed by atoms with Crippen LogP contribution in [0.2, 0.25) is 0 Å². The fraction of sp³-hybridized carbons (Fsp3) is 0.500. The number of alkyl halides is 2. The maximum absolute atomic E-state index is 13.3. The topological polar surface area (TPSA) is 112 Å².